The minimum absolute atomic E-state index is 0.149. The van der Waals surface area contributed by atoms with Crippen molar-refractivity contribution < 1.29 is 14.6 Å². The van der Waals surface area contributed by atoms with Gasteiger partial charge in [0.15, 0.2) is 0 Å². The van der Waals surface area contributed by atoms with Gasteiger partial charge in [-0.25, -0.2) is 9.97 Å². The van der Waals surface area contributed by atoms with E-state index in [0.717, 1.165) is 119 Å². The van der Waals surface area contributed by atoms with Gasteiger partial charge in [0.2, 0.25) is 5.95 Å². The predicted molar refractivity (Wildman–Crippen MR) is 202 cm³/mol. The Bertz CT molecular complexity index is 1750. The maximum atomic E-state index is 12.3. The number of aliphatic carboxylic acids is 1. The molecular weight excluding hydrogens is 662 g/mol. The summed E-state index contributed by atoms with van der Waals surface area (Å²) in [6.45, 7) is 13.9. The lowest BCUT2D eigenvalue weighted by atomic mass is 9.63. The normalized spacial score (nSPS) is 21.7. The van der Waals surface area contributed by atoms with Gasteiger partial charge in [0.1, 0.15) is 11.0 Å². The van der Waals surface area contributed by atoms with Crippen LogP contribution in [0, 0.1) is 10.8 Å². The summed E-state index contributed by atoms with van der Waals surface area (Å²) < 4.78 is 5.55. The molecule has 1 saturated carbocycles. The zero-order chi connectivity index (χ0) is 35.2. The number of hydrogen-bond donors (Lipinski definition) is 1. The van der Waals surface area contributed by atoms with Crippen LogP contribution in [0.1, 0.15) is 81.2 Å². The fraction of sp³-hybridized carbons (Fsp3) is 0.600. The topological polar surface area (TPSA) is 98.2 Å². The van der Waals surface area contributed by atoms with E-state index in [0.29, 0.717) is 22.7 Å². The molecule has 51 heavy (non-hydrogen) atoms. The predicted octanol–water partition coefficient (Wildman–Crippen LogP) is 6.61. The number of carboxylic acids is 1. The number of ether oxygens (including phenoxy) is 1. The van der Waals surface area contributed by atoms with E-state index in [-0.39, 0.29) is 11.8 Å². The number of hydrogen-bond acceptors (Lipinski definition) is 9. The number of benzene rings is 1. The average Bonchev–Trinajstić information content (AvgIpc) is 3.12. The first-order valence-electron chi connectivity index (χ1n) is 19.1. The van der Waals surface area contributed by atoms with Crippen molar-refractivity contribution in [3.63, 3.8) is 0 Å². The summed E-state index contributed by atoms with van der Waals surface area (Å²) in [6, 6.07) is 8.81. The zero-order valence-corrected chi connectivity index (χ0v) is 31.1. The number of carbonyl (C=O) groups is 1. The minimum Gasteiger partial charge on any atom is -0.481 e. The highest BCUT2D eigenvalue weighted by Crippen LogP contribution is 2.49. The van der Waals surface area contributed by atoms with E-state index in [4.69, 9.17) is 26.3 Å². The van der Waals surface area contributed by atoms with Gasteiger partial charge in [-0.2, -0.15) is 4.98 Å². The molecule has 4 aliphatic heterocycles. The Morgan fingerprint density at radius 3 is 2.35 bits per heavy atom. The van der Waals surface area contributed by atoms with Gasteiger partial charge in [-0.15, -0.1) is 0 Å². The van der Waals surface area contributed by atoms with Crippen LogP contribution in [0.15, 0.2) is 30.5 Å². The number of piperidine rings is 2. The van der Waals surface area contributed by atoms with E-state index in [1.165, 1.54) is 43.2 Å². The summed E-state index contributed by atoms with van der Waals surface area (Å²) in [7, 11) is 0. The molecular formula is C40H52ClN7O3. The SMILES string of the molecule is CC1(C)CCN(c2c(CC(=O)O)c(Cl)nc(CN3CCC4(CCC4)CC3)c2-c2ccc3c(c2)CCN(c2nccc(N4CCOCC4)n2)C3)CC1. The van der Waals surface area contributed by atoms with Crippen LogP contribution in [-0.4, -0.2) is 90.0 Å². The molecule has 5 aliphatic rings. The number of halogens is 1. The number of aromatic nitrogens is 3. The van der Waals surface area contributed by atoms with Crippen molar-refractivity contribution in [3.8, 4) is 11.1 Å². The van der Waals surface area contributed by atoms with Gasteiger partial charge in [0.05, 0.1) is 31.0 Å². The van der Waals surface area contributed by atoms with E-state index in [1.54, 1.807) is 0 Å². The van der Waals surface area contributed by atoms with E-state index in [1.807, 2.05) is 12.3 Å². The van der Waals surface area contributed by atoms with Gasteiger partial charge < -0.3 is 24.5 Å². The Balaban J connectivity index is 1.14. The molecule has 0 atom stereocenters. The summed E-state index contributed by atoms with van der Waals surface area (Å²) in [5, 5.41) is 10.4. The van der Waals surface area contributed by atoms with Gasteiger partial charge in [-0.05, 0) is 91.6 Å². The molecule has 6 heterocycles. The number of anilines is 3. The smallest absolute Gasteiger partial charge is 0.308 e. The van der Waals surface area contributed by atoms with E-state index >= 15 is 0 Å². The molecule has 0 radical (unpaired) electrons. The summed E-state index contributed by atoms with van der Waals surface area (Å²) in [5.41, 5.74) is 8.12. The molecule has 272 valence electrons. The summed E-state index contributed by atoms with van der Waals surface area (Å²) >= 11 is 7.01. The Hall–Kier alpha value is -3.47. The fourth-order valence-corrected chi connectivity index (χ4v) is 9.21. The molecule has 11 heteroatoms. The summed E-state index contributed by atoms with van der Waals surface area (Å²) in [6.07, 6.45) is 11.3. The molecule has 10 nitrogen and oxygen atoms in total. The molecule has 4 fully saturated rings. The summed E-state index contributed by atoms with van der Waals surface area (Å²) in [5.74, 6) is 0.828. The van der Waals surface area contributed by atoms with Crippen LogP contribution in [0.3, 0.4) is 0 Å². The molecule has 1 spiro atoms. The van der Waals surface area contributed by atoms with Gasteiger partial charge in [-0.1, -0.05) is 50.1 Å². The van der Waals surface area contributed by atoms with Crippen molar-refractivity contribution in [3.05, 3.63) is 58.0 Å². The molecule has 0 unspecified atom stereocenters. The molecule has 1 N–H and O–H groups in total. The van der Waals surface area contributed by atoms with E-state index < -0.39 is 5.97 Å². The second-order valence-corrected chi connectivity index (χ2v) is 16.7. The molecule has 3 saturated heterocycles. The number of rotatable bonds is 8. The Labute approximate surface area is 307 Å². The largest absolute Gasteiger partial charge is 0.481 e. The highest BCUT2D eigenvalue weighted by Gasteiger charge is 2.40. The molecule has 1 aliphatic carbocycles. The van der Waals surface area contributed by atoms with Crippen molar-refractivity contribution >= 4 is 35.0 Å². The maximum Gasteiger partial charge on any atom is 0.308 e. The standard InChI is InChI=1S/C40H52ClN7O3/c1-39(2)10-18-47(19-11-39)36-31(25-34(49)50)37(41)43-32(27-45-16-12-40(13-17-45)8-3-9-40)35(36)29-4-5-30-26-48(15-7-28(30)24-29)38-42-14-6-33(44-38)46-20-22-51-23-21-46/h4-6,14,24H,3,7-13,15-23,25-27H2,1-2H3,(H,49,50). The lowest BCUT2D eigenvalue weighted by molar-refractivity contribution is -0.136. The van der Waals surface area contributed by atoms with Crippen molar-refractivity contribution in [2.24, 2.45) is 10.8 Å². The molecule has 8 rings (SSSR count). The van der Waals surface area contributed by atoms with Gasteiger partial charge in [-0.3, -0.25) is 9.69 Å². The highest BCUT2D eigenvalue weighted by atomic mass is 35.5. The van der Waals surface area contributed by atoms with Gasteiger partial charge in [0.25, 0.3) is 0 Å². The molecule has 3 aromatic rings. The van der Waals surface area contributed by atoms with Crippen LogP contribution < -0.4 is 14.7 Å². The third kappa shape index (κ3) is 7.29. The molecule has 0 amide bonds. The highest BCUT2D eigenvalue weighted by molar-refractivity contribution is 6.31. The second-order valence-electron chi connectivity index (χ2n) is 16.4. The maximum absolute atomic E-state index is 12.3. The Morgan fingerprint density at radius 1 is 0.882 bits per heavy atom. The van der Waals surface area contributed by atoms with E-state index in [9.17, 15) is 9.90 Å². The van der Waals surface area contributed by atoms with Gasteiger partial charge in [0, 0.05) is 63.1 Å². The quantitative estimate of drug-likeness (QED) is 0.257. The van der Waals surface area contributed by atoms with Crippen LogP contribution in [0.2, 0.25) is 5.15 Å². The minimum atomic E-state index is -0.886. The van der Waals surface area contributed by atoms with Crippen LogP contribution in [0.25, 0.3) is 11.1 Å². The lowest BCUT2D eigenvalue weighted by Crippen LogP contribution is -2.43. The van der Waals surface area contributed by atoms with Crippen LogP contribution in [0.4, 0.5) is 17.5 Å². The van der Waals surface area contributed by atoms with E-state index in [2.05, 4.69) is 56.6 Å². The number of pyridine rings is 1. The first kappa shape index (κ1) is 34.6. The third-order valence-electron chi connectivity index (χ3n) is 12.5. The van der Waals surface area contributed by atoms with Crippen LogP contribution in [-0.2, 0) is 35.5 Å². The second kappa shape index (κ2) is 14.2. The summed E-state index contributed by atoms with van der Waals surface area (Å²) in [4.78, 5) is 36.5. The number of morpholine rings is 1. The fourth-order valence-electron chi connectivity index (χ4n) is 8.95. The lowest BCUT2D eigenvalue weighted by Gasteiger charge is -2.48. The van der Waals surface area contributed by atoms with Crippen molar-refractivity contribution in [1.82, 2.24) is 19.9 Å². The Kier molecular flexibility index (Phi) is 9.61. The van der Waals surface area contributed by atoms with Crippen LogP contribution in [0.5, 0.6) is 0 Å². The van der Waals surface area contributed by atoms with Crippen molar-refractivity contribution in [1.29, 1.82) is 0 Å². The molecule has 2 aromatic heterocycles. The first-order valence-corrected chi connectivity index (χ1v) is 19.5. The van der Waals surface area contributed by atoms with Crippen molar-refractivity contribution in [2.45, 2.75) is 84.7 Å². The Morgan fingerprint density at radius 2 is 1.65 bits per heavy atom. The number of nitrogens with zero attached hydrogens (tertiary/aromatic N) is 7. The van der Waals surface area contributed by atoms with Crippen LogP contribution >= 0.6 is 11.6 Å². The zero-order valence-electron chi connectivity index (χ0n) is 30.3. The van der Waals surface area contributed by atoms with Gasteiger partial charge >= 0.3 is 5.97 Å². The number of likely N-dealkylation sites (tertiary alicyclic amines) is 1. The van der Waals surface area contributed by atoms with Crippen molar-refractivity contribution in [2.75, 3.05) is 73.7 Å². The third-order valence-corrected chi connectivity index (χ3v) is 12.8. The first-order chi connectivity index (χ1) is 24.7. The number of fused-ring (bicyclic) bond motifs is 1. The monoisotopic (exact) mass is 713 g/mol. The molecule has 1 aromatic carbocycles. The average molecular weight is 714 g/mol. The number of carboxylic acid groups (broad SMARTS) is 1. The molecule has 0 bridgehead atoms.